The Morgan fingerprint density at radius 2 is 1.60 bits per heavy atom. The van der Waals surface area contributed by atoms with Crippen LogP contribution in [0.1, 0.15) is 19.8 Å². The molecule has 0 heterocycles. The Bertz CT molecular complexity index is 176. The Labute approximate surface area is 88.4 Å². The van der Waals surface area contributed by atoms with Crippen molar-refractivity contribution in [3.63, 3.8) is 0 Å². The van der Waals surface area contributed by atoms with Crippen LogP contribution in [-0.4, -0.2) is 67.8 Å². The van der Waals surface area contributed by atoms with E-state index in [1.165, 1.54) is 0 Å². The quantitative estimate of drug-likeness (QED) is 0.286. The van der Waals surface area contributed by atoms with Crippen LogP contribution < -0.4 is 0 Å². The first-order valence-electron chi connectivity index (χ1n) is 4.92. The molecule has 0 fully saturated rings. The topological polar surface area (TPSA) is 121 Å². The van der Waals surface area contributed by atoms with Crippen molar-refractivity contribution in [2.45, 2.75) is 43.7 Å². The van der Waals surface area contributed by atoms with E-state index in [4.69, 9.17) is 10.2 Å². The van der Waals surface area contributed by atoms with Crippen LogP contribution in [0.5, 0.6) is 0 Å². The Morgan fingerprint density at radius 3 is 1.93 bits per heavy atom. The van der Waals surface area contributed by atoms with E-state index >= 15 is 0 Å². The molecule has 0 radical (unpaired) electrons. The zero-order chi connectivity index (χ0) is 12.1. The molecular weight excluding hydrogens is 204 g/mol. The summed E-state index contributed by atoms with van der Waals surface area (Å²) in [4.78, 5) is 0. The van der Waals surface area contributed by atoms with Crippen molar-refractivity contribution in [1.29, 1.82) is 0 Å². The lowest BCUT2D eigenvalue weighted by atomic mass is 9.83. The third-order valence-electron chi connectivity index (χ3n) is 2.46. The summed E-state index contributed by atoms with van der Waals surface area (Å²) in [6.07, 6.45) is -4.36. The highest BCUT2D eigenvalue weighted by molar-refractivity contribution is 4.95. The molecule has 0 saturated carbocycles. The van der Waals surface area contributed by atoms with Gasteiger partial charge in [0.05, 0.1) is 13.2 Å². The average Bonchev–Trinajstić information content (AvgIpc) is 2.25. The molecule has 0 rings (SSSR count). The lowest BCUT2D eigenvalue weighted by Crippen LogP contribution is -2.58. The van der Waals surface area contributed by atoms with Crippen molar-refractivity contribution in [3.8, 4) is 0 Å². The van der Waals surface area contributed by atoms with Crippen molar-refractivity contribution in [2.75, 3.05) is 13.2 Å². The van der Waals surface area contributed by atoms with E-state index in [2.05, 4.69) is 0 Å². The molecule has 6 heteroatoms. The van der Waals surface area contributed by atoms with Crippen LogP contribution in [0.4, 0.5) is 0 Å². The minimum Gasteiger partial charge on any atom is -0.394 e. The third-order valence-corrected chi connectivity index (χ3v) is 2.46. The molecule has 4 unspecified atom stereocenters. The van der Waals surface area contributed by atoms with Crippen LogP contribution >= 0.6 is 0 Å². The fraction of sp³-hybridized carbons (Fsp3) is 1.00. The van der Waals surface area contributed by atoms with Crippen LogP contribution in [0.2, 0.25) is 0 Å². The van der Waals surface area contributed by atoms with Crippen molar-refractivity contribution >= 4 is 0 Å². The predicted octanol–water partition coefficient (Wildman–Crippen LogP) is -2.42. The highest BCUT2D eigenvalue weighted by Crippen LogP contribution is 2.24. The lowest BCUT2D eigenvalue weighted by Gasteiger charge is -2.37. The van der Waals surface area contributed by atoms with Crippen LogP contribution in [0.3, 0.4) is 0 Å². The first kappa shape index (κ1) is 14.8. The molecule has 0 aliphatic heterocycles. The van der Waals surface area contributed by atoms with Gasteiger partial charge in [-0.3, -0.25) is 0 Å². The van der Waals surface area contributed by atoms with Gasteiger partial charge in [-0.1, -0.05) is 13.3 Å². The van der Waals surface area contributed by atoms with Crippen LogP contribution in [0, 0.1) is 0 Å². The Morgan fingerprint density at radius 1 is 1.07 bits per heavy atom. The maximum Gasteiger partial charge on any atom is 0.121 e. The summed E-state index contributed by atoms with van der Waals surface area (Å²) < 4.78 is 0. The van der Waals surface area contributed by atoms with Gasteiger partial charge in [-0.25, -0.2) is 0 Å². The van der Waals surface area contributed by atoms with Crippen molar-refractivity contribution in [3.05, 3.63) is 0 Å². The van der Waals surface area contributed by atoms with E-state index in [-0.39, 0.29) is 6.42 Å². The van der Waals surface area contributed by atoms with E-state index in [1.54, 1.807) is 6.92 Å². The smallest absolute Gasteiger partial charge is 0.121 e. The summed E-state index contributed by atoms with van der Waals surface area (Å²) in [7, 11) is 0. The van der Waals surface area contributed by atoms with Crippen LogP contribution in [0.25, 0.3) is 0 Å². The van der Waals surface area contributed by atoms with Crippen molar-refractivity contribution in [2.24, 2.45) is 0 Å². The second-order valence-electron chi connectivity index (χ2n) is 3.63. The largest absolute Gasteiger partial charge is 0.394 e. The van der Waals surface area contributed by atoms with Gasteiger partial charge >= 0.3 is 0 Å². The van der Waals surface area contributed by atoms with Crippen molar-refractivity contribution in [1.82, 2.24) is 0 Å². The molecule has 0 amide bonds. The maximum atomic E-state index is 9.92. The van der Waals surface area contributed by atoms with E-state index in [9.17, 15) is 20.4 Å². The minimum absolute atomic E-state index is 0.00690. The summed E-state index contributed by atoms with van der Waals surface area (Å²) >= 11 is 0. The fourth-order valence-corrected chi connectivity index (χ4v) is 1.50. The molecule has 92 valence electrons. The molecule has 4 atom stereocenters. The molecule has 0 aromatic rings. The zero-order valence-corrected chi connectivity index (χ0v) is 8.74. The summed E-state index contributed by atoms with van der Waals surface area (Å²) in [5.74, 6) is 0. The molecule has 0 bridgehead atoms. The van der Waals surface area contributed by atoms with Crippen molar-refractivity contribution < 1.29 is 30.6 Å². The van der Waals surface area contributed by atoms with Gasteiger partial charge in [-0.2, -0.15) is 0 Å². The highest BCUT2D eigenvalue weighted by Gasteiger charge is 2.44. The van der Waals surface area contributed by atoms with Gasteiger partial charge in [0.15, 0.2) is 0 Å². The van der Waals surface area contributed by atoms with Gasteiger partial charge in [0.25, 0.3) is 0 Å². The van der Waals surface area contributed by atoms with E-state index in [0.717, 1.165) is 0 Å². The Hall–Kier alpha value is -0.240. The molecule has 0 aliphatic carbocycles. The normalized spacial score (nSPS) is 21.8. The second-order valence-corrected chi connectivity index (χ2v) is 3.63. The molecule has 0 aliphatic rings. The number of hydrogen-bond donors (Lipinski definition) is 6. The monoisotopic (exact) mass is 224 g/mol. The van der Waals surface area contributed by atoms with Gasteiger partial charge in [0.2, 0.25) is 0 Å². The third kappa shape index (κ3) is 3.37. The summed E-state index contributed by atoms with van der Waals surface area (Å²) in [5.41, 5.74) is -2.01. The van der Waals surface area contributed by atoms with Gasteiger partial charge in [-0.05, 0) is 6.42 Å². The van der Waals surface area contributed by atoms with Crippen LogP contribution in [0.15, 0.2) is 0 Å². The van der Waals surface area contributed by atoms with Crippen LogP contribution in [-0.2, 0) is 0 Å². The number of aliphatic hydroxyl groups is 6. The molecular formula is C9H20O6. The molecule has 0 spiro atoms. The molecule has 0 saturated heterocycles. The molecule has 0 aromatic heterocycles. The standard InChI is InChI=1S/C9H20O6/c1-2-3-9(15,7(13)5-11)8(14)6(12)4-10/h6-8,10-15H,2-5H2,1H3. The Balaban J connectivity index is 4.75. The summed E-state index contributed by atoms with van der Waals surface area (Å²) in [5, 5.41) is 55.4. The van der Waals surface area contributed by atoms with E-state index < -0.39 is 37.1 Å². The molecule has 6 nitrogen and oxygen atoms in total. The summed E-state index contributed by atoms with van der Waals surface area (Å²) in [6.45, 7) is 0.254. The molecule has 6 N–H and O–H groups in total. The first-order valence-corrected chi connectivity index (χ1v) is 4.92. The Kier molecular flexibility index (Phi) is 6.26. The zero-order valence-electron chi connectivity index (χ0n) is 8.74. The second kappa shape index (κ2) is 6.37. The van der Waals surface area contributed by atoms with Gasteiger partial charge in [0.1, 0.15) is 23.9 Å². The molecule has 15 heavy (non-hydrogen) atoms. The van der Waals surface area contributed by atoms with Gasteiger partial charge in [-0.15, -0.1) is 0 Å². The molecule has 0 aromatic carbocycles. The average molecular weight is 224 g/mol. The van der Waals surface area contributed by atoms with E-state index in [1.807, 2.05) is 0 Å². The maximum absolute atomic E-state index is 9.92. The number of aliphatic hydroxyl groups excluding tert-OH is 5. The van der Waals surface area contributed by atoms with E-state index in [0.29, 0.717) is 6.42 Å². The number of hydrogen-bond acceptors (Lipinski definition) is 6. The SMILES string of the molecule is CCCC(O)(C(O)CO)C(O)C(O)CO. The number of rotatable bonds is 7. The fourth-order valence-electron chi connectivity index (χ4n) is 1.50. The lowest BCUT2D eigenvalue weighted by molar-refractivity contribution is -0.193. The predicted molar refractivity (Wildman–Crippen MR) is 52.0 cm³/mol. The summed E-state index contributed by atoms with van der Waals surface area (Å²) in [6, 6.07) is 0. The highest BCUT2D eigenvalue weighted by atomic mass is 16.4. The van der Waals surface area contributed by atoms with Gasteiger partial charge < -0.3 is 30.6 Å². The minimum atomic E-state index is -2.01. The van der Waals surface area contributed by atoms with Gasteiger partial charge in [0, 0.05) is 0 Å². The first-order chi connectivity index (χ1) is 6.93.